The van der Waals surface area contributed by atoms with Gasteiger partial charge in [-0.2, -0.15) is 0 Å². The Bertz CT molecular complexity index is 275. The molecule has 0 N–H and O–H groups in total. The molecule has 0 heterocycles. The molecule has 0 saturated carbocycles. The number of aldehydes is 1. The van der Waals surface area contributed by atoms with Crippen molar-refractivity contribution in [2.45, 2.75) is 0 Å². The molecule has 4 heteroatoms. The minimum absolute atomic E-state index is 0.592. The van der Waals surface area contributed by atoms with Gasteiger partial charge in [0.15, 0.2) is 6.29 Å². The van der Waals surface area contributed by atoms with E-state index in [4.69, 9.17) is 4.43 Å². The highest BCUT2D eigenvalue weighted by Gasteiger charge is 1.99. The van der Waals surface area contributed by atoms with Gasteiger partial charge in [0.25, 0.3) is 0 Å². The van der Waals surface area contributed by atoms with Gasteiger partial charge in [0.05, 0.1) is 5.56 Å². The van der Waals surface area contributed by atoms with E-state index in [1.54, 1.807) is 12.1 Å². The van der Waals surface area contributed by atoms with E-state index in [0.717, 1.165) is 10.8 Å². The fourth-order valence-electron chi connectivity index (χ4n) is 0.797. The van der Waals surface area contributed by atoms with Crippen molar-refractivity contribution >= 4 is 32.7 Å². The molecule has 1 aromatic carbocycles. The van der Waals surface area contributed by atoms with Gasteiger partial charge in [0, 0.05) is 4.47 Å². The van der Waals surface area contributed by atoms with Gasteiger partial charge in [-0.25, -0.2) is 0 Å². The predicted octanol–water partition coefficient (Wildman–Crippen LogP) is 0.921. The normalized spacial score (nSPS) is 9.55. The summed E-state index contributed by atoms with van der Waals surface area (Å²) in [6.07, 6.45) is 0.790. The summed E-state index contributed by atoms with van der Waals surface area (Å²) in [6.45, 7) is 0. The van der Waals surface area contributed by atoms with Gasteiger partial charge < -0.3 is 4.43 Å². The Kier molecular flexibility index (Phi) is 2.84. The minimum Gasteiger partial charge on any atom is -0.553 e. The Morgan fingerprint density at radius 3 is 2.82 bits per heavy atom. The summed E-state index contributed by atoms with van der Waals surface area (Å²) in [5.41, 5.74) is 0.592. The third-order valence-electron chi connectivity index (χ3n) is 1.32. The molecule has 0 saturated heterocycles. The minimum atomic E-state index is 0.592. The van der Waals surface area contributed by atoms with Crippen LogP contribution in [0.25, 0.3) is 0 Å². The summed E-state index contributed by atoms with van der Waals surface area (Å²) in [5.74, 6) is 0.662. The number of halogens is 1. The van der Waals surface area contributed by atoms with Crippen LogP contribution in [0, 0.1) is 0 Å². The lowest BCUT2D eigenvalue weighted by molar-refractivity contribution is 0.112. The highest BCUT2D eigenvalue weighted by atomic mass is 79.9. The van der Waals surface area contributed by atoms with Crippen LogP contribution in [0.5, 0.6) is 5.75 Å². The average Bonchev–Trinajstić information content (AvgIpc) is 2.04. The molecule has 1 aromatic rings. The Hall–Kier alpha value is -0.613. The Morgan fingerprint density at radius 1 is 1.55 bits per heavy atom. The molecule has 58 valence electrons. The van der Waals surface area contributed by atoms with Gasteiger partial charge in [0.1, 0.15) is 5.75 Å². The molecule has 2 nitrogen and oxygen atoms in total. The number of carbonyl (C=O) groups excluding carboxylic acids is 1. The van der Waals surface area contributed by atoms with Crippen molar-refractivity contribution in [1.82, 2.24) is 0 Å². The zero-order valence-electron chi connectivity index (χ0n) is 6.00. The first-order valence-electron chi connectivity index (χ1n) is 3.06. The van der Waals surface area contributed by atoms with E-state index in [2.05, 4.69) is 15.9 Å². The van der Waals surface area contributed by atoms with Crippen molar-refractivity contribution in [2.24, 2.45) is 0 Å². The van der Waals surface area contributed by atoms with Gasteiger partial charge in [-0.3, -0.25) is 4.79 Å². The predicted molar refractivity (Wildman–Crippen MR) is 50.1 cm³/mol. The van der Waals surface area contributed by atoms with Crippen molar-refractivity contribution in [3.8, 4) is 5.75 Å². The van der Waals surface area contributed by atoms with Gasteiger partial charge >= 0.3 is 0 Å². The number of carbonyl (C=O) groups is 1. The van der Waals surface area contributed by atoms with Crippen molar-refractivity contribution in [3.05, 3.63) is 28.2 Å². The van der Waals surface area contributed by atoms with E-state index in [-0.39, 0.29) is 0 Å². The lowest BCUT2D eigenvalue weighted by atomic mass is 10.2. The van der Waals surface area contributed by atoms with Crippen molar-refractivity contribution in [3.63, 3.8) is 0 Å². The lowest BCUT2D eigenvalue weighted by Crippen LogP contribution is -1.90. The molecular weight excluding hydrogens is 224 g/mol. The van der Waals surface area contributed by atoms with Gasteiger partial charge in [-0.05, 0) is 18.2 Å². The van der Waals surface area contributed by atoms with E-state index in [1.165, 1.54) is 0 Å². The van der Waals surface area contributed by atoms with Crippen LogP contribution in [-0.4, -0.2) is 16.8 Å². The molecule has 0 aromatic heterocycles. The molecule has 0 aliphatic carbocycles. The molecule has 0 bridgehead atoms. The lowest BCUT2D eigenvalue weighted by Gasteiger charge is -2.02. The van der Waals surface area contributed by atoms with Crippen LogP contribution in [0.15, 0.2) is 22.7 Å². The second-order valence-electron chi connectivity index (χ2n) is 2.00. The van der Waals surface area contributed by atoms with Gasteiger partial charge in [-0.15, -0.1) is 0 Å². The van der Waals surface area contributed by atoms with Crippen molar-refractivity contribution < 1.29 is 9.22 Å². The van der Waals surface area contributed by atoms with Crippen LogP contribution < -0.4 is 4.43 Å². The van der Waals surface area contributed by atoms with E-state index >= 15 is 0 Å². The van der Waals surface area contributed by atoms with Crippen LogP contribution in [0.1, 0.15) is 10.4 Å². The Balaban J connectivity index is 3.16. The maximum absolute atomic E-state index is 10.5. The number of hydrogen-bond acceptors (Lipinski definition) is 2. The number of benzene rings is 1. The average molecular weight is 231 g/mol. The Labute approximate surface area is 76.2 Å². The molecular formula is C7H7BrO2Si. The van der Waals surface area contributed by atoms with Crippen LogP contribution in [-0.2, 0) is 0 Å². The maximum Gasteiger partial charge on any atom is 0.204 e. The maximum atomic E-state index is 10.5. The molecule has 0 aliphatic heterocycles. The van der Waals surface area contributed by atoms with Crippen LogP contribution in [0.3, 0.4) is 0 Å². The summed E-state index contributed by atoms with van der Waals surface area (Å²) in [5, 5.41) is 0. The Morgan fingerprint density at radius 2 is 2.27 bits per heavy atom. The number of rotatable bonds is 2. The standard InChI is InChI=1S/C7H7BrO2Si/c8-6-1-2-7(10-11)5(3-6)4-9/h1-4H,11H3. The van der Waals surface area contributed by atoms with Crippen LogP contribution in [0.2, 0.25) is 0 Å². The molecule has 0 aliphatic rings. The first-order valence-corrected chi connectivity index (χ1v) is 4.67. The van der Waals surface area contributed by atoms with Crippen molar-refractivity contribution in [1.29, 1.82) is 0 Å². The van der Waals surface area contributed by atoms with E-state index < -0.39 is 0 Å². The van der Waals surface area contributed by atoms with E-state index in [1.807, 2.05) is 6.07 Å². The summed E-state index contributed by atoms with van der Waals surface area (Å²) in [6, 6.07) is 5.36. The van der Waals surface area contributed by atoms with E-state index in [9.17, 15) is 4.79 Å². The second kappa shape index (κ2) is 3.68. The zero-order valence-corrected chi connectivity index (χ0v) is 9.59. The molecule has 0 radical (unpaired) electrons. The van der Waals surface area contributed by atoms with Crippen molar-refractivity contribution in [2.75, 3.05) is 0 Å². The van der Waals surface area contributed by atoms with Crippen LogP contribution >= 0.6 is 15.9 Å². The third-order valence-corrected chi connectivity index (χ3v) is 2.25. The molecule has 0 spiro atoms. The summed E-state index contributed by atoms with van der Waals surface area (Å²) < 4.78 is 5.97. The smallest absolute Gasteiger partial charge is 0.204 e. The van der Waals surface area contributed by atoms with E-state index in [0.29, 0.717) is 21.8 Å². The first-order chi connectivity index (χ1) is 5.27. The summed E-state index contributed by atoms with van der Waals surface area (Å²) in [7, 11) is 0.603. The monoisotopic (exact) mass is 230 g/mol. The topological polar surface area (TPSA) is 26.3 Å². The van der Waals surface area contributed by atoms with Crippen LogP contribution in [0.4, 0.5) is 0 Å². The molecule has 11 heavy (non-hydrogen) atoms. The first kappa shape index (κ1) is 8.48. The van der Waals surface area contributed by atoms with Gasteiger partial charge in [0.2, 0.25) is 10.5 Å². The highest BCUT2D eigenvalue weighted by Crippen LogP contribution is 2.20. The molecule has 0 fully saturated rings. The summed E-state index contributed by atoms with van der Waals surface area (Å²) in [4.78, 5) is 10.5. The second-order valence-corrected chi connectivity index (χ2v) is 3.33. The SMILES string of the molecule is O=Cc1cc(Br)ccc1O[SiH3]. The molecule has 0 amide bonds. The fraction of sp³-hybridized carbons (Fsp3) is 0. The third kappa shape index (κ3) is 1.91. The van der Waals surface area contributed by atoms with Gasteiger partial charge in [-0.1, -0.05) is 15.9 Å². The fourth-order valence-corrected chi connectivity index (χ4v) is 1.55. The quantitative estimate of drug-likeness (QED) is 0.559. The summed E-state index contributed by atoms with van der Waals surface area (Å²) >= 11 is 3.26. The highest BCUT2D eigenvalue weighted by molar-refractivity contribution is 9.10. The molecule has 0 atom stereocenters. The zero-order chi connectivity index (χ0) is 8.27. The molecule has 1 rings (SSSR count). The number of hydrogen-bond donors (Lipinski definition) is 0. The molecule has 0 unspecified atom stereocenters. The largest absolute Gasteiger partial charge is 0.553 e.